The van der Waals surface area contributed by atoms with Gasteiger partial charge in [0.05, 0.1) is 11.7 Å². The first-order valence-electron chi connectivity index (χ1n) is 4.15. The molecule has 0 bridgehead atoms. The number of fused-ring (bicyclic) bond motifs is 1. The van der Waals surface area contributed by atoms with E-state index in [1.165, 1.54) is 6.92 Å². The Morgan fingerprint density at radius 2 is 2.13 bits per heavy atom. The van der Waals surface area contributed by atoms with Crippen LogP contribution in [0.1, 0.15) is 6.92 Å². The Morgan fingerprint density at radius 3 is 2.87 bits per heavy atom. The van der Waals surface area contributed by atoms with Gasteiger partial charge in [-0.25, -0.2) is 0 Å². The van der Waals surface area contributed by atoms with Crippen molar-refractivity contribution in [2.24, 2.45) is 0 Å². The van der Waals surface area contributed by atoms with E-state index in [0.717, 1.165) is 10.9 Å². The first-order valence-corrected chi connectivity index (χ1v) is 4.15. The molecule has 1 heterocycles. The third-order valence-electron chi connectivity index (χ3n) is 1.75. The normalized spacial score (nSPS) is 9.40. The van der Waals surface area contributed by atoms with Crippen molar-refractivity contribution in [2.75, 3.05) is 0 Å². The second-order valence-corrected chi connectivity index (χ2v) is 2.85. The molecule has 0 aliphatic rings. The first kappa shape index (κ1) is 12.7. The summed E-state index contributed by atoms with van der Waals surface area (Å²) in [5, 5.41) is 8.56. The van der Waals surface area contributed by atoms with E-state index in [4.69, 9.17) is 4.74 Å². The monoisotopic (exact) mass is 228 g/mol. The molecule has 0 saturated carbocycles. The molecule has 4 nitrogen and oxygen atoms in total. The molecule has 0 spiro atoms. The fourth-order valence-electron chi connectivity index (χ4n) is 1.20. The number of carbonyl (C=O) groups excluding carboxylic acids is 1. The van der Waals surface area contributed by atoms with Crippen LogP contribution < -0.4 is 4.74 Å². The maximum atomic E-state index is 10.7. The van der Waals surface area contributed by atoms with Crippen LogP contribution in [0.3, 0.4) is 0 Å². The number of rotatable bonds is 1. The summed E-state index contributed by atoms with van der Waals surface area (Å²) in [6.45, 7) is 1.37. The van der Waals surface area contributed by atoms with Crippen molar-refractivity contribution in [3.05, 3.63) is 30.5 Å². The van der Waals surface area contributed by atoms with Crippen molar-refractivity contribution in [1.29, 1.82) is 0 Å². The fourth-order valence-corrected chi connectivity index (χ4v) is 1.20. The Bertz CT molecular complexity index is 488. The molecule has 5 heteroatoms. The van der Waals surface area contributed by atoms with Crippen LogP contribution in [0.15, 0.2) is 30.5 Å². The molecule has 15 heavy (non-hydrogen) atoms. The van der Waals surface area contributed by atoms with Gasteiger partial charge in [-0.2, -0.15) is 10.2 Å². The van der Waals surface area contributed by atoms with E-state index in [1.807, 2.05) is 6.07 Å². The van der Waals surface area contributed by atoms with Gasteiger partial charge in [-0.1, -0.05) is 0 Å². The number of carbonyl (C=O) groups is 1. The maximum absolute atomic E-state index is 10.7. The number of esters is 1. The van der Waals surface area contributed by atoms with Crippen molar-refractivity contribution in [1.82, 2.24) is 10.2 Å². The van der Waals surface area contributed by atoms with Gasteiger partial charge in [-0.3, -0.25) is 4.79 Å². The van der Waals surface area contributed by atoms with Gasteiger partial charge in [0.15, 0.2) is 0 Å². The average Bonchev–Trinajstić information content (AvgIpc) is 2.17. The molecular weight excluding hydrogens is 219 g/mol. The van der Waals surface area contributed by atoms with Gasteiger partial charge in [0.25, 0.3) is 0 Å². The van der Waals surface area contributed by atoms with Crippen molar-refractivity contribution < 1.29 is 9.53 Å². The van der Waals surface area contributed by atoms with E-state index in [2.05, 4.69) is 10.2 Å². The predicted molar refractivity (Wildman–Crippen MR) is 58.0 cm³/mol. The summed E-state index contributed by atoms with van der Waals surface area (Å²) >= 11 is 0. The van der Waals surface area contributed by atoms with Crippen molar-refractivity contribution >= 4 is 68.3 Å². The summed E-state index contributed by atoms with van der Waals surface area (Å²) < 4.78 is 4.94. The Kier molecular flexibility index (Phi) is 4.81. The third-order valence-corrected chi connectivity index (χ3v) is 1.75. The molecule has 0 fully saturated rings. The molecule has 0 aliphatic carbocycles. The van der Waals surface area contributed by atoms with E-state index < -0.39 is 0 Å². The quantitative estimate of drug-likeness (QED) is 0.413. The van der Waals surface area contributed by atoms with E-state index >= 15 is 0 Å². The summed E-state index contributed by atoms with van der Waals surface area (Å²) in [5.41, 5.74) is 0.781. The van der Waals surface area contributed by atoms with Crippen molar-refractivity contribution in [3.8, 4) is 5.75 Å². The van der Waals surface area contributed by atoms with E-state index in [9.17, 15) is 4.79 Å². The topological polar surface area (TPSA) is 52.1 Å². The van der Waals surface area contributed by atoms with Crippen LogP contribution in [0, 0.1) is 0 Å². The number of hydrogen-bond acceptors (Lipinski definition) is 4. The number of nitrogens with zero attached hydrogens (tertiary/aromatic N) is 2. The summed E-state index contributed by atoms with van der Waals surface area (Å²) in [6, 6.07) is 7.03. The molecule has 0 saturated heterocycles. The summed E-state index contributed by atoms with van der Waals surface area (Å²) in [6.07, 6.45) is 1.60. The second-order valence-electron chi connectivity index (χ2n) is 2.85. The van der Waals surface area contributed by atoms with Crippen LogP contribution in [0.2, 0.25) is 0 Å². The van der Waals surface area contributed by atoms with Gasteiger partial charge < -0.3 is 4.74 Å². The van der Waals surface area contributed by atoms with E-state index in [1.54, 1.807) is 24.4 Å². The molecular formula is C10H9KN2O2. The Hall–Kier alpha value is -0.334. The van der Waals surface area contributed by atoms with Crippen LogP contribution in [0.25, 0.3) is 10.9 Å². The van der Waals surface area contributed by atoms with Gasteiger partial charge in [-0.05, 0) is 24.3 Å². The molecule has 1 aromatic heterocycles. The zero-order chi connectivity index (χ0) is 9.97. The van der Waals surface area contributed by atoms with Crippen LogP contribution >= 0.6 is 0 Å². The van der Waals surface area contributed by atoms with E-state index in [-0.39, 0.29) is 57.4 Å². The molecule has 0 amide bonds. The Labute approximate surface area is 129 Å². The van der Waals surface area contributed by atoms with E-state index in [0.29, 0.717) is 5.75 Å². The zero-order valence-electron chi connectivity index (χ0n) is 7.60. The second kappa shape index (κ2) is 5.67. The molecule has 1 aromatic carbocycles. The number of benzene rings is 1. The molecule has 72 valence electrons. The molecule has 0 aliphatic heterocycles. The van der Waals surface area contributed by atoms with Crippen molar-refractivity contribution in [2.45, 2.75) is 6.92 Å². The van der Waals surface area contributed by atoms with Gasteiger partial charge in [-0.15, -0.1) is 0 Å². The van der Waals surface area contributed by atoms with Crippen molar-refractivity contribution in [3.63, 3.8) is 0 Å². The van der Waals surface area contributed by atoms with Crippen LogP contribution in [0.5, 0.6) is 5.75 Å². The Balaban J connectivity index is 0.00000112. The predicted octanol–water partition coefficient (Wildman–Crippen LogP) is 0.907. The average molecular weight is 228 g/mol. The number of ether oxygens (including phenoxy) is 1. The number of hydrogen-bond donors (Lipinski definition) is 0. The van der Waals surface area contributed by atoms with Gasteiger partial charge in [0.2, 0.25) is 0 Å². The van der Waals surface area contributed by atoms with Crippen LogP contribution in [-0.2, 0) is 4.79 Å². The fraction of sp³-hybridized carbons (Fsp3) is 0.100. The SMILES string of the molecule is CC(=O)Oc1ccc2nnccc2c1.[KH]. The molecule has 0 radical (unpaired) electrons. The van der Waals surface area contributed by atoms with Crippen LogP contribution in [-0.4, -0.2) is 67.6 Å². The standard InChI is InChI=1S/C10H8N2O2.K.H/c1-7(13)14-9-2-3-10-8(6-9)4-5-11-12-10;;/h2-6H,1H3;;. The summed E-state index contributed by atoms with van der Waals surface area (Å²) in [7, 11) is 0. The van der Waals surface area contributed by atoms with Gasteiger partial charge in [0.1, 0.15) is 5.75 Å². The first-order chi connectivity index (χ1) is 6.75. The molecule has 0 atom stereocenters. The van der Waals surface area contributed by atoms with Gasteiger partial charge >= 0.3 is 57.4 Å². The third kappa shape index (κ3) is 3.32. The molecule has 2 aromatic rings. The summed E-state index contributed by atoms with van der Waals surface area (Å²) in [5.74, 6) is 0.198. The zero-order valence-corrected chi connectivity index (χ0v) is 7.60. The Morgan fingerprint density at radius 1 is 1.33 bits per heavy atom. The molecule has 2 rings (SSSR count). The summed E-state index contributed by atoms with van der Waals surface area (Å²) in [4.78, 5) is 10.7. The molecule has 0 unspecified atom stereocenters. The number of aromatic nitrogens is 2. The van der Waals surface area contributed by atoms with Crippen LogP contribution in [0.4, 0.5) is 0 Å². The minimum atomic E-state index is -0.327. The van der Waals surface area contributed by atoms with Gasteiger partial charge in [0, 0.05) is 12.3 Å². The minimum absolute atomic E-state index is 0. The molecule has 0 N–H and O–H groups in total.